The second-order valence-electron chi connectivity index (χ2n) is 4.38. The fraction of sp³-hybridized carbons (Fsp3) is 0.727. The van der Waals surface area contributed by atoms with Crippen molar-refractivity contribution in [2.45, 2.75) is 38.8 Å². The average molecular weight is 288 g/mol. The van der Waals surface area contributed by atoms with Gasteiger partial charge in [-0.15, -0.1) is 0 Å². The highest BCUT2D eigenvalue weighted by molar-refractivity contribution is 9.10. The van der Waals surface area contributed by atoms with Crippen LogP contribution in [-0.4, -0.2) is 33.6 Å². The number of β-amino-alcohol motifs (C(OH)–C–C–N with tert-alkyl or cyclic N) is 1. The van der Waals surface area contributed by atoms with Gasteiger partial charge in [0.1, 0.15) is 0 Å². The molecule has 2 heterocycles. The average Bonchev–Trinajstić information content (AvgIpc) is 2.53. The Morgan fingerprint density at radius 3 is 2.62 bits per heavy atom. The molecule has 1 aromatic rings. The van der Waals surface area contributed by atoms with Gasteiger partial charge in [0.25, 0.3) is 0 Å². The lowest BCUT2D eigenvalue weighted by Crippen LogP contribution is -2.60. The van der Waals surface area contributed by atoms with E-state index in [0.717, 1.165) is 28.8 Å². The summed E-state index contributed by atoms with van der Waals surface area (Å²) in [7, 11) is 0. The molecule has 1 aliphatic heterocycles. The van der Waals surface area contributed by atoms with Gasteiger partial charge in [0.05, 0.1) is 21.5 Å². The van der Waals surface area contributed by atoms with Gasteiger partial charge in [0, 0.05) is 26.1 Å². The van der Waals surface area contributed by atoms with Crippen molar-refractivity contribution in [3.63, 3.8) is 0 Å². The molecule has 2 rings (SSSR count). The molecular weight excluding hydrogens is 270 g/mol. The first kappa shape index (κ1) is 12.1. The first-order chi connectivity index (χ1) is 7.59. The van der Waals surface area contributed by atoms with Crippen LogP contribution in [0.5, 0.6) is 0 Å². The van der Waals surface area contributed by atoms with Gasteiger partial charge in [0.2, 0.25) is 0 Å². The summed E-state index contributed by atoms with van der Waals surface area (Å²) in [4.78, 5) is 0. The molecule has 1 aliphatic rings. The highest BCUT2D eigenvalue weighted by atomic mass is 79.9. The topological polar surface area (TPSA) is 50.1 Å². The van der Waals surface area contributed by atoms with Crippen LogP contribution in [0.4, 0.5) is 0 Å². The van der Waals surface area contributed by atoms with Crippen molar-refractivity contribution in [1.29, 1.82) is 0 Å². The van der Waals surface area contributed by atoms with Crippen molar-refractivity contribution in [1.82, 2.24) is 15.1 Å². The Bertz CT molecular complexity index is 385. The molecule has 0 amide bonds. The van der Waals surface area contributed by atoms with Crippen LogP contribution in [0, 0.1) is 0 Å². The Hall–Kier alpha value is -0.390. The molecule has 0 unspecified atom stereocenters. The number of nitrogens with one attached hydrogen (secondary N) is 1. The van der Waals surface area contributed by atoms with Gasteiger partial charge in [-0.2, -0.15) is 5.10 Å². The summed E-state index contributed by atoms with van der Waals surface area (Å²) in [5, 5.41) is 17.8. The van der Waals surface area contributed by atoms with Crippen molar-refractivity contribution >= 4 is 15.9 Å². The van der Waals surface area contributed by atoms with E-state index in [1.54, 1.807) is 0 Å². The lowest BCUT2D eigenvalue weighted by atomic mass is 9.91. The Kier molecular flexibility index (Phi) is 3.37. The summed E-state index contributed by atoms with van der Waals surface area (Å²) >= 11 is 3.59. The molecule has 1 aromatic heterocycles. The van der Waals surface area contributed by atoms with Crippen LogP contribution in [0.25, 0.3) is 0 Å². The van der Waals surface area contributed by atoms with E-state index in [-0.39, 0.29) is 0 Å². The molecule has 16 heavy (non-hydrogen) atoms. The molecule has 90 valence electrons. The zero-order chi connectivity index (χ0) is 11.8. The maximum atomic E-state index is 10.2. The van der Waals surface area contributed by atoms with Gasteiger partial charge in [-0.05, 0) is 29.3 Å². The van der Waals surface area contributed by atoms with Crippen LogP contribution >= 0.6 is 15.9 Å². The minimum Gasteiger partial charge on any atom is -0.387 e. The molecule has 0 aromatic carbocycles. The summed E-state index contributed by atoms with van der Waals surface area (Å²) < 4.78 is 3.05. The van der Waals surface area contributed by atoms with Crippen LogP contribution in [-0.2, 0) is 19.4 Å². The molecule has 0 spiro atoms. The SMILES string of the molecule is CCc1nn(CC)c(CC2(O)CNC2)c1Br. The van der Waals surface area contributed by atoms with Crippen LogP contribution in [0.2, 0.25) is 0 Å². The van der Waals surface area contributed by atoms with E-state index >= 15 is 0 Å². The maximum absolute atomic E-state index is 10.2. The number of aliphatic hydroxyl groups is 1. The molecule has 0 bridgehead atoms. The van der Waals surface area contributed by atoms with Crippen molar-refractivity contribution in [2.75, 3.05) is 13.1 Å². The van der Waals surface area contributed by atoms with Gasteiger partial charge >= 0.3 is 0 Å². The predicted octanol–water partition coefficient (Wildman–Crippen LogP) is 1.10. The number of nitrogens with zero attached hydrogens (tertiary/aromatic N) is 2. The number of aromatic nitrogens is 2. The molecule has 0 aliphatic carbocycles. The molecule has 1 fully saturated rings. The van der Waals surface area contributed by atoms with E-state index in [0.29, 0.717) is 19.5 Å². The first-order valence-corrected chi connectivity index (χ1v) is 6.56. The van der Waals surface area contributed by atoms with E-state index in [4.69, 9.17) is 0 Å². The van der Waals surface area contributed by atoms with Crippen molar-refractivity contribution < 1.29 is 5.11 Å². The number of rotatable bonds is 4. The summed E-state index contributed by atoms with van der Waals surface area (Å²) in [6.45, 7) is 6.37. The number of hydrogen-bond acceptors (Lipinski definition) is 3. The van der Waals surface area contributed by atoms with E-state index in [1.165, 1.54) is 0 Å². The zero-order valence-electron chi connectivity index (χ0n) is 9.76. The van der Waals surface area contributed by atoms with Gasteiger partial charge in [-0.1, -0.05) is 6.92 Å². The second kappa shape index (κ2) is 4.47. The third-order valence-corrected chi connectivity index (χ3v) is 4.01. The number of aryl methyl sites for hydroxylation is 2. The summed E-state index contributed by atoms with van der Waals surface area (Å²) in [5.41, 5.74) is 1.61. The van der Waals surface area contributed by atoms with E-state index in [1.807, 2.05) is 4.68 Å². The van der Waals surface area contributed by atoms with Crippen molar-refractivity contribution in [2.24, 2.45) is 0 Å². The van der Waals surface area contributed by atoms with Crippen LogP contribution < -0.4 is 5.32 Å². The van der Waals surface area contributed by atoms with Gasteiger partial charge in [-0.3, -0.25) is 4.68 Å². The maximum Gasteiger partial charge on any atom is 0.0950 e. The van der Waals surface area contributed by atoms with Gasteiger partial charge in [-0.25, -0.2) is 0 Å². The molecule has 0 saturated carbocycles. The summed E-state index contributed by atoms with van der Waals surface area (Å²) in [5.74, 6) is 0. The standard InChI is InChI=1S/C11H18BrN3O/c1-3-8-10(12)9(15(4-2)14-8)5-11(16)6-13-7-11/h13,16H,3-7H2,1-2H3. The molecule has 4 nitrogen and oxygen atoms in total. The molecule has 2 N–H and O–H groups in total. The zero-order valence-corrected chi connectivity index (χ0v) is 11.3. The highest BCUT2D eigenvalue weighted by Crippen LogP contribution is 2.27. The number of hydrogen-bond donors (Lipinski definition) is 2. The largest absolute Gasteiger partial charge is 0.387 e. The fourth-order valence-electron chi connectivity index (χ4n) is 2.04. The molecule has 1 saturated heterocycles. The lowest BCUT2D eigenvalue weighted by molar-refractivity contribution is -0.0108. The minimum atomic E-state index is -0.583. The van der Waals surface area contributed by atoms with Crippen molar-refractivity contribution in [3.8, 4) is 0 Å². The van der Waals surface area contributed by atoms with Crippen LogP contribution in [0.3, 0.4) is 0 Å². The second-order valence-corrected chi connectivity index (χ2v) is 5.17. The Morgan fingerprint density at radius 2 is 2.19 bits per heavy atom. The minimum absolute atomic E-state index is 0.583. The van der Waals surface area contributed by atoms with Crippen molar-refractivity contribution in [3.05, 3.63) is 15.9 Å². The molecular formula is C11H18BrN3O. The smallest absolute Gasteiger partial charge is 0.0950 e. The van der Waals surface area contributed by atoms with Crippen LogP contribution in [0.1, 0.15) is 25.2 Å². The Morgan fingerprint density at radius 1 is 1.50 bits per heavy atom. The summed E-state index contributed by atoms with van der Waals surface area (Å²) in [6, 6.07) is 0. The summed E-state index contributed by atoms with van der Waals surface area (Å²) in [6.07, 6.45) is 1.58. The Labute approximate surface area is 104 Å². The third kappa shape index (κ3) is 2.04. The first-order valence-electron chi connectivity index (χ1n) is 5.77. The van der Waals surface area contributed by atoms with E-state index < -0.39 is 5.60 Å². The van der Waals surface area contributed by atoms with Gasteiger partial charge in [0.15, 0.2) is 0 Å². The monoisotopic (exact) mass is 287 g/mol. The van der Waals surface area contributed by atoms with Crippen LogP contribution in [0.15, 0.2) is 4.47 Å². The van der Waals surface area contributed by atoms with E-state index in [9.17, 15) is 5.11 Å². The lowest BCUT2D eigenvalue weighted by Gasteiger charge is -2.37. The predicted molar refractivity (Wildman–Crippen MR) is 66.5 cm³/mol. The van der Waals surface area contributed by atoms with Gasteiger partial charge < -0.3 is 10.4 Å². The van der Waals surface area contributed by atoms with E-state index in [2.05, 4.69) is 40.2 Å². The molecule has 5 heteroatoms. The molecule has 0 radical (unpaired) electrons. The highest BCUT2D eigenvalue weighted by Gasteiger charge is 2.36. The Balaban J connectivity index is 2.27. The normalized spacial score (nSPS) is 18.5. The fourth-order valence-corrected chi connectivity index (χ4v) is 2.74. The quantitative estimate of drug-likeness (QED) is 0.872. The molecule has 0 atom stereocenters. The number of halogens is 1. The third-order valence-electron chi connectivity index (χ3n) is 3.10.